The number of carbonyl (C=O) groups excluding carboxylic acids is 1. The quantitative estimate of drug-likeness (QED) is 0.860. The monoisotopic (exact) mass is 398 g/mol. The van der Waals surface area contributed by atoms with Crippen molar-refractivity contribution in [2.24, 2.45) is 0 Å². The van der Waals surface area contributed by atoms with Crippen LogP contribution in [0.3, 0.4) is 0 Å². The second kappa shape index (κ2) is 7.95. The Bertz CT molecular complexity index is 676. The van der Waals surface area contributed by atoms with E-state index in [1.807, 2.05) is 36.2 Å². The van der Waals surface area contributed by atoms with E-state index in [0.29, 0.717) is 5.56 Å². The topological polar surface area (TPSA) is 50.2 Å². The smallest absolute Gasteiger partial charge is 0.257 e. The summed E-state index contributed by atoms with van der Waals surface area (Å²) < 4.78 is 2.73. The van der Waals surface area contributed by atoms with Crippen molar-refractivity contribution in [2.45, 2.75) is 18.9 Å². The first-order chi connectivity index (χ1) is 10.7. The van der Waals surface area contributed by atoms with E-state index in [4.69, 9.17) is 0 Å². The molecule has 0 saturated carbocycles. The van der Waals surface area contributed by atoms with Crippen LogP contribution in [0.2, 0.25) is 0 Å². The van der Waals surface area contributed by atoms with Gasteiger partial charge in [-0.2, -0.15) is 5.10 Å². The number of benzene rings is 1. The number of hydrogen-bond acceptors (Lipinski definition) is 3. The number of nitrogens with zero attached hydrogens (tertiary/aromatic N) is 3. The Hall–Kier alpha value is -1.37. The Balaban J connectivity index is 0.00000192. The van der Waals surface area contributed by atoms with Crippen LogP contribution in [0.15, 0.2) is 41.1 Å². The summed E-state index contributed by atoms with van der Waals surface area (Å²) in [5.41, 5.74) is 1.57. The second-order valence-electron chi connectivity index (χ2n) is 5.51. The molecule has 1 atom stereocenters. The van der Waals surface area contributed by atoms with Crippen LogP contribution in [0, 0.1) is 0 Å². The first-order valence-electron chi connectivity index (χ1n) is 7.45. The Morgan fingerprint density at radius 3 is 3.04 bits per heavy atom. The van der Waals surface area contributed by atoms with E-state index in [1.54, 1.807) is 17.1 Å². The zero-order valence-electron chi connectivity index (χ0n) is 12.9. The minimum absolute atomic E-state index is 0. The van der Waals surface area contributed by atoms with Crippen molar-refractivity contribution in [3.63, 3.8) is 0 Å². The highest BCUT2D eigenvalue weighted by atomic mass is 79.9. The van der Waals surface area contributed by atoms with Gasteiger partial charge in [0.2, 0.25) is 0 Å². The van der Waals surface area contributed by atoms with Gasteiger partial charge in [-0.3, -0.25) is 4.79 Å². The molecular formula is C16H20BrClN4O. The van der Waals surface area contributed by atoms with E-state index < -0.39 is 0 Å². The lowest BCUT2D eigenvalue weighted by molar-refractivity contribution is 0.0737. The van der Waals surface area contributed by atoms with Crippen LogP contribution in [0.25, 0.3) is 5.69 Å². The largest absolute Gasteiger partial charge is 0.334 e. The molecule has 1 aromatic heterocycles. The summed E-state index contributed by atoms with van der Waals surface area (Å²) in [6, 6.07) is 8.14. The summed E-state index contributed by atoms with van der Waals surface area (Å²) in [5.74, 6) is 0.0685. The van der Waals surface area contributed by atoms with Crippen LogP contribution in [0.1, 0.15) is 23.2 Å². The van der Waals surface area contributed by atoms with Crippen molar-refractivity contribution in [1.82, 2.24) is 20.0 Å². The molecule has 5 nitrogen and oxygen atoms in total. The van der Waals surface area contributed by atoms with Crippen molar-refractivity contribution >= 4 is 34.2 Å². The molecule has 1 aromatic carbocycles. The lowest BCUT2D eigenvalue weighted by Gasteiger charge is -2.23. The minimum Gasteiger partial charge on any atom is -0.334 e. The third-order valence-corrected chi connectivity index (χ3v) is 4.47. The third-order valence-electron chi connectivity index (χ3n) is 3.98. The number of hydrogen-bond donors (Lipinski definition) is 1. The molecule has 1 unspecified atom stereocenters. The van der Waals surface area contributed by atoms with Crippen LogP contribution >= 0.6 is 28.3 Å². The van der Waals surface area contributed by atoms with Gasteiger partial charge in [-0.1, -0.05) is 22.0 Å². The SMILES string of the molecule is CNCC1CCCN1C(=O)c1cnn(-c2cccc(Br)c2)c1.Cl. The van der Waals surface area contributed by atoms with Gasteiger partial charge in [0.1, 0.15) is 0 Å². The van der Waals surface area contributed by atoms with Gasteiger partial charge in [-0.15, -0.1) is 12.4 Å². The lowest BCUT2D eigenvalue weighted by Crippen LogP contribution is -2.40. The summed E-state index contributed by atoms with van der Waals surface area (Å²) in [7, 11) is 1.92. The van der Waals surface area contributed by atoms with E-state index in [-0.39, 0.29) is 24.4 Å². The maximum Gasteiger partial charge on any atom is 0.257 e. The average molecular weight is 400 g/mol. The van der Waals surface area contributed by atoms with Gasteiger partial charge in [-0.05, 0) is 38.1 Å². The molecule has 124 valence electrons. The maximum absolute atomic E-state index is 12.7. The molecule has 1 fully saturated rings. The van der Waals surface area contributed by atoms with Gasteiger partial charge < -0.3 is 10.2 Å². The van der Waals surface area contributed by atoms with Crippen LogP contribution in [-0.2, 0) is 0 Å². The second-order valence-corrected chi connectivity index (χ2v) is 6.42. The van der Waals surface area contributed by atoms with Gasteiger partial charge >= 0.3 is 0 Å². The molecule has 3 rings (SSSR count). The number of nitrogens with one attached hydrogen (secondary N) is 1. The molecule has 0 bridgehead atoms. The zero-order valence-corrected chi connectivity index (χ0v) is 15.3. The van der Waals surface area contributed by atoms with Crippen LogP contribution in [-0.4, -0.2) is 46.8 Å². The van der Waals surface area contributed by atoms with E-state index in [1.165, 1.54) is 0 Å². The van der Waals surface area contributed by atoms with Crippen molar-refractivity contribution in [3.05, 3.63) is 46.7 Å². The number of amides is 1. The number of aromatic nitrogens is 2. The molecule has 1 aliphatic heterocycles. The standard InChI is InChI=1S/C16H19BrN4O.ClH/c1-18-10-15-6-3-7-20(15)16(22)12-9-19-21(11-12)14-5-2-4-13(17)8-14;/h2,4-5,8-9,11,15,18H,3,6-7,10H2,1H3;1H. The summed E-state index contributed by atoms with van der Waals surface area (Å²) in [6.07, 6.45) is 5.58. The predicted octanol–water partition coefficient (Wildman–Crippen LogP) is 2.88. The lowest BCUT2D eigenvalue weighted by atomic mass is 10.2. The number of halogens is 2. The zero-order chi connectivity index (χ0) is 15.5. The molecule has 2 heterocycles. The van der Waals surface area contributed by atoms with Crippen LogP contribution in [0.5, 0.6) is 0 Å². The first kappa shape index (κ1) is 18.0. The highest BCUT2D eigenvalue weighted by Gasteiger charge is 2.29. The maximum atomic E-state index is 12.7. The van der Waals surface area contributed by atoms with E-state index >= 15 is 0 Å². The number of likely N-dealkylation sites (tertiary alicyclic amines) is 1. The first-order valence-corrected chi connectivity index (χ1v) is 8.24. The molecule has 0 aliphatic carbocycles. The molecule has 2 aromatic rings. The molecule has 7 heteroatoms. The van der Waals surface area contributed by atoms with E-state index in [9.17, 15) is 4.79 Å². The number of likely N-dealkylation sites (N-methyl/N-ethyl adjacent to an activating group) is 1. The van der Waals surface area contributed by atoms with Gasteiger partial charge in [0, 0.05) is 29.8 Å². The summed E-state index contributed by atoms with van der Waals surface area (Å²) >= 11 is 3.45. The van der Waals surface area contributed by atoms with E-state index in [0.717, 1.165) is 36.1 Å². The van der Waals surface area contributed by atoms with Crippen LogP contribution in [0.4, 0.5) is 0 Å². The van der Waals surface area contributed by atoms with Gasteiger partial charge in [0.15, 0.2) is 0 Å². The fourth-order valence-electron chi connectivity index (χ4n) is 2.91. The molecule has 0 spiro atoms. The average Bonchev–Trinajstić information content (AvgIpc) is 3.16. The normalized spacial score (nSPS) is 17.1. The molecule has 1 saturated heterocycles. The van der Waals surface area contributed by atoms with Gasteiger partial charge in [0.25, 0.3) is 5.91 Å². The fraction of sp³-hybridized carbons (Fsp3) is 0.375. The van der Waals surface area contributed by atoms with Gasteiger partial charge in [-0.25, -0.2) is 4.68 Å². The number of carbonyl (C=O) groups is 1. The Morgan fingerprint density at radius 2 is 2.30 bits per heavy atom. The highest BCUT2D eigenvalue weighted by molar-refractivity contribution is 9.10. The molecule has 1 amide bonds. The third kappa shape index (κ3) is 3.94. The Morgan fingerprint density at radius 1 is 1.48 bits per heavy atom. The molecule has 0 radical (unpaired) electrons. The van der Waals surface area contributed by atoms with Crippen LogP contribution < -0.4 is 5.32 Å². The molecular weight excluding hydrogens is 380 g/mol. The fourth-order valence-corrected chi connectivity index (χ4v) is 3.30. The van der Waals surface area contributed by atoms with Crippen molar-refractivity contribution in [1.29, 1.82) is 0 Å². The number of rotatable bonds is 4. The van der Waals surface area contributed by atoms with Crippen molar-refractivity contribution in [2.75, 3.05) is 20.1 Å². The summed E-state index contributed by atoms with van der Waals surface area (Å²) in [4.78, 5) is 14.6. The summed E-state index contributed by atoms with van der Waals surface area (Å²) in [6.45, 7) is 1.67. The van der Waals surface area contributed by atoms with E-state index in [2.05, 4.69) is 26.3 Å². The minimum atomic E-state index is 0. The highest BCUT2D eigenvalue weighted by Crippen LogP contribution is 2.20. The molecule has 1 aliphatic rings. The van der Waals surface area contributed by atoms with Crippen molar-refractivity contribution in [3.8, 4) is 5.69 Å². The summed E-state index contributed by atoms with van der Waals surface area (Å²) in [5, 5.41) is 7.49. The predicted molar refractivity (Wildman–Crippen MR) is 96.5 cm³/mol. The molecule has 1 N–H and O–H groups in total. The Labute approximate surface area is 150 Å². The molecule has 23 heavy (non-hydrogen) atoms. The Kier molecular flexibility index (Phi) is 6.21. The van der Waals surface area contributed by atoms with Crippen molar-refractivity contribution < 1.29 is 4.79 Å². The van der Waals surface area contributed by atoms with Gasteiger partial charge in [0.05, 0.1) is 17.4 Å².